The molecule has 1 saturated heterocycles. The summed E-state index contributed by atoms with van der Waals surface area (Å²) in [7, 11) is 0. The summed E-state index contributed by atoms with van der Waals surface area (Å²) in [6, 6.07) is 15.2. The molecule has 34 heavy (non-hydrogen) atoms. The van der Waals surface area contributed by atoms with Gasteiger partial charge >= 0.3 is 0 Å². The first kappa shape index (κ1) is 22.6. The second-order valence-corrected chi connectivity index (χ2v) is 9.99. The molecule has 1 atom stereocenters. The number of aromatic amines is 1. The predicted octanol–water partition coefficient (Wildman–Crippen LogP) is 5.36. The summed E-state index contributed by atoms with van der Waals surface area (Å²) in [5, 5.41) is 3.00. The molecule has 1 unspecified atom stereocenters. The van der Waals surface area contributed by atoms with Gasteiger partial charge in [0.05, 0.1) is 32.8 Å². The zero-order chi connectivity index (χ0) is 23.8. The van der Waals surface area contributed by atoms with Crippen LogP contribution in [0.4, 0.5) is 11.4 Å². The quantitative estimate of drug-likeness (QED) is 0.391. The molecule has 0 spiro atoms. The van der Waals surface area contributed by atoms with Crippen LogP contribution in [0.5, 0.6) is 0 Å². The average Bonchev–Trinajstić information content (AvgIpc) is 3.45. The van der Waals surface area contributed by atoms with Gasteiger partial charge in [-0.15, -0.1) is 11.3 Å². The van der Waals surface area contributed by atoms with E-state index in [0.717, 1.165) is 38.5 Å². The number of fused-ring (bicyclic) bond motifs is 1. The fraction of sp³-hybridized carbons (Fsp3) is 0.240. The number of benzene rings is 2. The lowest BCUT2D eigenvalue weighted by atomic mass is 9.99. The predicted molar refractivity (Wildman–Crippen MR) is 136 cm³/mol. The van der Waals surface area contributed by atoms with E-state index in [4.69, 9.17) is 16.3 Å². The minimum absolute atomic E-state index is 0.0566. The monoisotopic (exact) mass is 494 g/mol. The molecule has 3 heterocycles. The number of carbonyl (C=O) groups is 2. The van der Waals surface area contributed by atoms with Crippen LogP contribution in [-0.2, 0) is 14.3 Å². The molecule has 0 bridgehead atoms. The van der Waals surface area contributed by atoms with Gasteiger partial charge in [0.2, 0.25) is 5.91 Å². The summed E-state index contributed by atoms with van der Waals surface area (Å²) >= 11 is 7.52. The second kappa shape index (κ2) is 9.21. The third kappa shape index (κ3) is 4.44. The maximum atomic E-state index is 13.0. The Kier molecular flexibility index (Phi) is 6.12. The van der Waals surface area contributed by atoms with Crippen molar-refractivity contribution in [2.45, 2.75) is 19.8 Å². The van der Waals surface area contributed by atoms with Crippen LogP contribution in [0.15, 0.2) is 48.5 Å². The van der Waals surface area contributed by atoms with E-state index in [0.29, 0.717) is 23.2 Å². The van der Waals surface area contributed by atoms with Gasteiger partial charge in [-0.2, -0.15) is 0 Å². The Labute approximate surface area is 205 Å². The van der Waals surface area contributed by atoms with Crippen LogP contribution >= 0.6 is 22.9 Å². The molecule has 174 valence electrons. The van der Waals surface area contributed by atoms with Gasteiger partial charge in [-0.1, -0.05) is 17.7 Å². The van der Waals surface area contributed by atoms with Gasteiger partial charge in [0.15, 0.2) is 0 Å². The number of morpholine rings is 1. The normalized spacial score (nSPS) is 15.0. The number of nitrogens with one attached hydrogen (secondary N) is 2. The van der Waals surface area contributed by atoms with Crippen molar-refractivity contribution >= 4 is 57.2 Å². The fourth-order valence-electron chi connectivity index (χ4n) is 4.06. The number of hydrogen-bond donors (Lipinski definition) is 2. The molecule has 0 aliphatic carbocycles. The first-order valence-electron chi connectivity index (χ1n) is 10.9. The Morgan fingerprint density at radius 2 is 2.09 bits per heavy atom. The third-order valence-corrected chi connectivity index (χ3v) is 7.19. The van der Waals surface area contributed by atoms with Gasteiger partial charge in [-0.25, -0.2) is 4.98 Å². The molecule has 1 fully saturated rings. The van der Waals surface area contributed by atoms with E-state index in [1.807, 2.05) is 62.4 Å². The first-order valence-corrected chi connectivity index (χ1v) is 12.1. The number of hydrogen-bond acceptors (Lipinski definition) is 5. The lowest BCUT2D eigenvalue weighted by Crippen LogP contribution is -2.42. The van der Waals surface area contributed by atoms with Crippen LogP contribution in [0.25, 0.3) is 21.7 Å². The third-order valence-electron chi connectivity index (χ3n) is 5.95. The topological polar surface area (TPSA) is 87.3 Å². The molecule has 9 heteroatoms. The summed E-state index contributed by atoms with van der Waals surface area (Å²) in [5.74, 6) is 0.214. The maximum absolute atomic E-state index is 13.0. The van der Waals surface area contributed by atoms with Crippen LogP contribution in [0.1, 0.15) is 24.0 Å². The molecule has 0 saturated carbocycles. The molecule has 0 radical (unpaired) electrons. The Bertz CT molecular complexity index is 1400. The van der Waals surface area contributed by atoms with E-state index in [1.54, 1.807) is 4.90 Å². The van der Waals surface area contributed by atoms with Crippen molar-refractivity contribution in [3.8, 4) is 10.7 Å². The van der Waals surface area contributed by atoms with Gasteiger partial charge in [-0.05, 0) is 67.4 Å². The highest BCUT2D eigenvalue weighted by molar-refractivity contribution is 7.19. The lowest BCUT2D eigenvalue weighted by Gasteiger charge is -2.28. The molecule has 5 rings (SSSR count). The number of carbonyl (C=O) groups excluding carboxylic acids is 2. The van der Waals surface area contributed by atoms with E-state index < -0.39 is 0 Å². The Morgan fingerprint density at radius 3 is 2.82 bits per heavy atom. The van der Waals surface area contributed by atoms with Crippen LogP contribution in [0.3, 0.4) is 0 Å². The molecule has 2 aromatic heterocycles. The number of amides is 2. The molecule has 2 N–H and O–H groups in total. The molecule has 1 aliphatic heterocycles. The molecule has 2 amide bonds. The van der Waals surface area contributed by atoms with Crippen LogP contribution in [0.2, 0.25) is 4.34 Å². The van der Waals surface area contributed by atoms with Crippen molar-refractivity contribution in [3.63, 3.8) is 0 Å². The first-order chi connectivity index (χ1) is 16.4. The number of imidazole rings is 1. The van der Waals surface area contributed by atoms with Crippen LogP contribution < -0.4 is 10.2 Å². The summed E-state index contributed by atoms with van der Waals surface area (Å²) in [5.41, 5.74) is 5.02. The van der Waals surface area contributed by atoms with Crippen LogP contribution in [0, 0.1) is 6.92 Å². The summed E-state index contributed by atoms with van der Waals surface area (Å²) in [6.07, 6.45) is 0. The van der Waals surface area contributed by atoms with Crippen molar-refractivity contribution in [1.82, 2.24) is 9.97 Å². The van der Waals surface area contributed by atoms with Crippen LogP contribution in [-0.4, -0.2) is 41.5 Å². The zero-order valence-corrected chi connectivity index (χ0v) is 20.3. The molecular formula is C25H23ClN4O3S. The Hall–Kier alpha value is -3.20. The number of ether oxygens (including phenoxy) is 1. The summed E-state index contributed by atoms with van der Waals surface area (Å²) in [6.45, 7) is 4.94. The summed E-state index contributed by atoms with van der Waals surface area (Å²) < 4.78 is 5.92. The minimum atomic E-state index is -0.374. The Morgan fingerprint density at radius 1 is 1.24 bits per heavy atom. The van der Waals surface area contributed by atoms with Crippen molar-refractivity contribution in [1.29, 1.82) is 0 Å². The fourth-order valence-corrected chi connectivity index (χ4v) is 5.05. The second-order valence-electron chi connectivity index (χ2n) is 8.28. The van der Waals surface area contributed by atoms with Crippen molar-refractivity contribution < 1.29 is 14.3 Å². The highest BCUT2D eigenvalue weighted by Gasteiger charge is 2.22. The van der Waals surface area contributed by atoms with Gasteiger partial charge in [0, 0.05) is 17.9 Å². The van der Waals surface area contributed by atoms with Crippen molar-refractivity contribution in [2.75, 3.05) is 30.0 Å². The number of rotatable bonds is 5. The Balaban J connectivity index is 1.31. The zero-order valence-electron chi connectivity index (χ0n) is 18.7. The number of nitrogens with zero attached hydrogens (tertiary/aromatic N) is 2. The van der Waals surface area contributed by atoms with E-state index in [-0.39, 0.29) is 24.3 Å². The molecular weight excluding hydrogens is 472 g/mol. The van der Waals surface area contributed by atoms with E-state index in [9.17, 15) is 9.59 Å². The molecule has 4 aromatic rings. The molecule has 7 nitrogen and oxygen atoms in total. The van der Waals surface area contributed by atoms with Crippen molar-refractivity contribution in [2.24, 2.45) is 0 Å². The SMILES string of the molecule is Cc1cc(NC(=O)C(C)c2ccc3[nH]c(-c4ccc(Cl)s4)nc3c2)ccc1N1CCOCC1=O. The summed E-state index contributed by atoms with van der Waals surface area (Å²) in [4.78, 5) is 35.8. The number of H-pyrrole nitrogens is 1. The number of thiophene rings is 1. The number of aryl methyl sites for hydroxylation is 1. The van der Waals surface area contributed by atoms with Gasteiger partial charge in [0.25, 0.3) is 5.91 Å². The number of aromatic nitrogens is 2. The smallest absolute Gasteiger partial charge is 0.253 e. The van der Waals surface area contributed by atoms with E-state index >= 15 is 0 Å². The van der Waals surface area contributed by atoms with E-state index in [1.165, 1.54) is 11.3 Å². The van der Waals surface area contributed by atoms with Gasteiger partial charge in [0.1, 0.15) is 12.4 Å². The standard InChI is InChI=1S/C25H23ClN4O3S/c1-14-11-17(4-6-20(14)30-9-10-33-13-23(30)31)27-25(32)15(2)16-3-5-18-19(12-16)29-24(28-18)21-7-8-22(26)34-21/h3-8,11-12,15H,9-10,13H2,1-2H3,(H,27,32)(H,28,29). The highest BCUT2D eigenvalue weighted by atomic mass is 35.5. The maximum Gasteiger partial charge on any atom is 0.253 e. The largest absolute Gasteiger partial charge is 0.370 e. The lowest BCUT2D eigenvalue weighted by molar-refractivity contribution is -0.125. The average molecular weight is 495 g/mol. The van der Waals surface area contributed by atoms with Gasteiger partial charge < -0.3 is 19.9 Å². The van der Waals surface area contributed by atoms with Gasteiger partial charge in [-0.3, -0.25) is 9.59 Å². The highest BCUT2D eigenvalue weighted by Crippen LogP contribution is 2.31. The number of halogens is 1. The molecule has 2 aromatic carbocycles. The minimum Gasteiger partial charge on any atom is -0.370 e. The molecule has 1 aliphatic rings. The number of anilines is 2. The van der Waals surface area contributed by atoms with Crippen molar-refractivity contribution in [3.05, 3.63) is 64.0 Å². The van der Waals surface area contributed by atoms with E-state index in [2.05, 4.69) is 15.3 Å².